The molecule has 0 aromatic heterocycles. The van der Waals surface area contributed by atoms with Gasteiger partial charge in [-0.05, 0) is 37.5 Å². The second-order valence-electron chi connectivity index (χ2n) is 4.81. The molecule has 3 aromatic rings. The topological polar surface area (TPSA) is 0 Å². The van der Waals surface area contributed by atoms with Gasteiger partial charge in [-0.2, -0.15) is 0 Å². The largest absolute Gasteiger partial charge is 0.0836 e. The van der Waals surface area contributed by atoms with Gasteiger partial charge in [0.2, 0.25) is 0 Å². The first-order chi connectivity index (χ1) is 11.1. The lowest BCUT2D eigenvalue weighted by molar-refractivity contribution is 1.73. The summed E-state index contributed by atoms with van der Waals surface area (Å²) in [5.74, 6) is 0. The van der Waals surface area contributed by atoms with E-state index in [0.29, 0.717) is 20.1 Å². The Morgan fingerprint density at radius 3 is 1.26 bits per heavy atom. The normalized spacial score (nSPS) is 11.0. The fraction of sp³-hybridized carbons (Fsp3) is 0. The van der Waals surface area contributed by atoms with Gasteiger partial charge < -0.3 is 0 Å². The van der Waals surface area contributed by atoms with Crippen molar-refractivity contribution in [3.63, 3.8) is 0 Å². The summed E-state index contributed by atoms with van der Waals surface area (Å²) in [6, 6.07) is 21.1. The molecule has 116 valence electrons. The highest BCUT2D eigenvalue weighted by Gasteiger charge is 2.25. The third-order valence-electron chi connectivity index (χ3n) is 3.34. The molecule has 0 aliphatic heterocycles. The van der Waals surface area contributed by atoms with Crippen molar-refractivity contribution in [3.8, 4) is 0 Å². The Morgan fingerprint density at radius 2 is 0.870 bits per heavy atom. The van der Waals surface area contributed by atoms with Crippen LogP contribution in [0.4, 0.5) is 0 Å². The number of hydrogen-bond acceptors (Lipinski definition) is 0. The highest BCUT2D eigenvalue weighted by Crippen LogP contribution is 2.42. The summed E-state index contributed by atoms with van der Waals surface area (Å²) in [5.41, 5.74) is 0. The first-order valence-corrected chi connectivity index (χ1v) is 9.68. The molecular formula is C18H11Cl4P. The van der Waals surface area contributed by atoms with Crippen molar-refractivity contribution >= 4 is 70.2 Å². The van der Waals surface area contributed by atoms with Crippen LogP contribution in [0.2, 0.25) is 20.1 Å². The van der Waals surface area contributed by atoms with Crippen LogP contribution in [-0.4, -0.2) is 0 Å². The number of halogens is 4. The van der Waals surface area contributed by atoms with Gasteiger partial charge in [0.25, 0.3) is 0 Å². The third-order valence-corrected chi connectivity index (χ3v) is 7.80. The van der Waals surface area contributed by atoms with Crippen LogP contribution < -0.4 is 15.9 Å². The summed E-state index contributed by atoms with van der Waals surface area (Å²) < 4.78 is 0. The lowest BCUT2D eigenvalue weighted by Crippen LogP contribution is -2.23. The van der Waals surface area contributed by atoms with Crippen molar-refractivity contribution in [1.29, 1.82) is 0 Å². The number of hydrogen-bond donors (Lipinski definition) is 0. The zero-order valence-corrected chi connectivity index (χ0v) is 15.7. The molecule has 0 spiro atoms. The smallest absolute Gasteiger partial charge is 0.0504 e. The molecule has 0 amide bonds. The van der Waals surface area contributed by atoms with Gasteiger partial charge in [0.15, 0.2) is 0 Å². The highest BCUT2D eigenvalue weighted by molar-refractivity contribution is 7.80. The first kappa shape index (κ1) is 17.1. The van der Waals surface area contributed by atoms with E-state index in [4.69, 9.17) is 46.4 Å². The third kappa shape index (κ3) is 3.53. The van der Waals surface area contributed by atoms with E-state index in [9.17, 15) is 0 Å². The average Bonchev–Trinajstić information content (AvgIpc) is 2.53. The molecule has 0 saturated heterocycles. The monoisotopic (exact) mass is 398 g/mol. The van der Waals surface area contributed by atoms with Gasteiger partial charge in [0.05, 0.1) is 20.1 Å². The fourth-order valence-electron chi connectivity index (χ4n) is 2.35. The van der Waals surface area contributed by atoms with Crippen molar-refractivity contribution in [1.82, 2.24) is 0 Å². The van der Waals surface area contributed by atoms with E-state index >= 15 is 0 Å². The molecule has 0 aliphatic rings. The van der Waals surface area contributed by atoms with Crippen LogP contribution >= 0.6 is 54.3 Å². The van der Waals surface area contributed by atoms with E-state index in [0.717, 1.165) is 15.9 Å². The van der Waals surface area contributed by atoms with E-state index in [1.54, 1.807) is 0 Å². The second kappa shape index (κ2) is 7.43. The predicted molar refractivity (Wildman–Crippen MR) is 105 cm³/mol. The lowest BCUT2D eigenvalue weighted by Gasteiger charge is -2.23. The van der Waals surface area contributed by atoms with Gasteiger partial charge in [0, 0.05) is 10.6 Å². The van der Waals surface area contributed by atoms with Crippen molar-refractivity contribution in [2.75, 3.05) is 0 Å². The van der Waals surface area contributed by atoms with Crippen LogP contribution in [-0.2, 0) is 0 Å². The van der Waals surface area contributed by atoms with Gasteiger partial charge in [-0.3, -0.25) is 0 Å². The molecule has 5 heteroatoms. The van der Waals surface area contributed by atoms with Gasteiger partial charge >= 0.3 is 0 Å². The van der Waals surface area contributed by atoms with Crippen molar-refractivity contribution in [3.05, 3.63) is 86.8 Å². The van der Waals surface area contributed by atoms with E-state index in [1.807, 2.05) is 66.7 Å². The molecule has 3 aromatic carbocycles. The van der Waals surface area contributed by atoms with Gasteiger partial charge in [0.1, 0.15) is 0 Å². The molecule has 0 saturated carbocycles. The molecule has 3 rings (SSSR count). The number of rotatable bonds is 3. The van der Waals surface area contributed by atoms with Crippen LogP contribution in [0.25, 0.3) is 0 Å². The molecule has 0 atom stereocenters. The minimum atomic E-state index is -1.06. The van der Waals surface area contributed by atoms with Crippen LogP contribution in [0.3, 0.4) is 0 Å². The molecule has 0 aliphatic carbocycles. The Hall–Kier alpha value is -0.750. The van der Waals surface area contributed by atoms with Crippen LogP contribution in [0.5, 0.6) is 0 Å². The predicted octanol–water partition coefficient (Wildman–Crippen LogP) is 6.06. The van der Waals surface area contributed by atoms with Crippen molar-refractivity contribution in [2.45, 2.75) is 0 Å². The summed E-state index contributed by atoms with van der Waals surface area (Å²) in [4.78, 5) is 0. The quantitative estimate of drug-likeness (QED) is 0.469. The summed E-state index contributed by atoms with van der Waals surface area (Å²) in [6.45, 7) is 0. The maximum atomic E-state index is 6.47. The van der Waals surface area contributed by atoms with Crippen molar-refractivity contribution in [2.24, 2.45) is 0 Å². The van der Waals surface area contributed by atoms with Crippen LogP contribution in [0.1, 0.15) is 0 Å². The Morgan fingerprint density at radius 1 is 0.478 bits per heavy atom. The Balaban J connectivity index is 2.33. The van der Waals surface area contributed by atoms with E-state index in [1.165, 1.54) is 0 Å². The first-order valence-electron chi connectivity index (χ1n) is 6.83. The lowest BCUT2D eigenvalue weighted by atomic mass is 10.3. The highest BCUT2D eigenvalue weighted by atomic mass is 35.5. The van der Waals surface area contributed by atoms with Gasteiger partial charge in [-0.25, -0.2) is 0 Å². The number of benzene rings is 3. The molecule has 0 unspecified atom stereocenters. The van der Waals surface area contributed by atoms with E-state index < -0.39 is 7.92 Å². The fourth-order valence-corrected chi connectivity index (χ4v) is 6.52. The summed E-state index contributed by atoms with van der Waals surface area (Å²) in [7, 11) is -1.06. The van der Waals surface area contributed by atoms with E-state index in [2.05, 4.69) is 0 Å². The van der Waals surface area contributed by atoms with Gasteiger partial charge in [-0.15, -0.1) is 0 Å². The Kier molecular flexibility index (Phi) is 5.52. The zero-order valence-electron chi connectivity index (χ0n) is 11.8. The maximum absolute atomic E-state index is 6.47. The van der Waals surface area contributed by atoms with Crippen LogP contribution in [0, 0.1) is 0 Å². The van der Waals surface area contributed by atoms with Crippen LogP contribution in [0.15, 0.2) is 66.7 Å². The summed E-state index contributed by atoms with van der Waals surface area (Å²) in [6.07, 6.45) is 0. The van der Waals surface area contributed by atoms with E-state index in [-0.39, 0.29) is 0 Å². The maximum Gasteiger partial charge on any atom is 0.0504 e. The molecule has 0 radical (unpaired) electrons. The Labute approximate surface area is 156 Å². The second-order valence-corrected chi connectivity index (χ2v) is 8.52. The standard InChI is InChI=1S/C18H11Cl4P/c19-13-8-4-9-14(20)17(13)23(12-6-2-1-3-7-12)18-15(21)10-5-11-16(18)22/h1-11H. The average molecular weight is 400 g/mol. The summed E-state index contributed by atoms with van der Waals surface area (Å²) >= 11 is 25.9. The molecule has 23 heavy (non-hydrogen) atoms. The zero-order chi connectivity index (χ0) is 16.4. The van der Waals surface area contributed by atoms with Gasteiger partial charge in [-0.1, -0.05) is 88.9 Å². The molecule has 0 N–H and O–H groups in total. The molecular weight excluding hydrogens is 389 g/mol. The SMILES string of the molecule is Clc1cccc(Cl)c1P(c1ccccc1)c1c(Cl)cccc1Cl. The molecule has 0 bridgehead atoms. The summed E-state index contributed by atoms with van der Waals surface area (Å²) in [5, 5.41) is 5.28. The van der Waals surface area contributed by atoms with Crippen molar-refractivity contribution < 1.29 is 0 Å². The molecule has 0 heterocycles. The molecule has 0 fully saturated rings. The molecule has 0 nitrogen and oxygen atoms in total. The Bertz CT molecular complexity index is 742. The minimum Gasteiger partial charge on any atom is -0.0836 e. The minimum absolute atomic E-state index is 0.614.